The molecule has 0 unspecified atom stereocenters. The highest BCUT2D eigenvalue weighted by atomic mass is 16.2. The van der Waals surface area contributed by atoms with E-state index >= 15 is 0 Å². The van der Waals surface area contributed by atoms with Crippen molar-refractivity contribution in [3.63, 3.8) is 0 Å². The van der Waals surface area contributed by atoms with Crippen LogP contribution in [0.4, 0.5) is 5.69 Å². The van der Waals surface area contributed by atoms with Crippen LogP contribution >= 0.6 is 0 Å². The zero-order valence-corrected chi connectivity index (χ0v) is 13.3. The van der Waals surface area contributed by atoms with Gasteiger partial charge in [-0.2, -0.15) is 0 Å². The van der Waals surface area contributed by atoms with E-state index in [-0.39, 0.29) is 17.4 Å². The summed E-state index contributed by atoms with van der Waals surface area (Å²) < 4.78 is 0. The number of amides is 1. The smallest absolute Gasteiger partial charge is 0.223 e. The summed E-state index contributed by atoms with van der Waals surface area (Å²) in [7, 11) is 0. The molecule has 0 bridgehead atoms. The molecule has 0 aromatic heterocycles. The van der Waals surface area contributed by atoms with Crippen molar-refractivity contribution in [1.29, 1.82) is 0 Å². The van der Waals surface area contributed by atoms with Crippen molar-refractivity contribution in [3.8, 4) is 0 Å². The number of carbonyl (C=O) groups excluding carboxylic acids is 1. The molecule has 1 atom stereocenters. The first kappa shape index (κ1) is 15.0. The van der Waals surface area contributed by atoms with Gasteiger partial charge in [0.15, 0.2) is 0 Å². The highest BCUT2D eigenvalue weighted by Gasteiger charge is 2.33. The molecule has 1 aliphatic heterocycles. The number of rotatable bonds is 2. The second-order valence-corrected chi connectivity index (χ2v) is 6.51. The summed E-state index contributed by atoms with van der Waals surface area (Å²) in [6.07, 6.45) is 1.97. The van der Waals surface area contributed by atoms with Crippen molar-refractivity contribution >= 4 is 11.6 Å². The molecule has 0 spiro atoms. The normalized spacial score (nSPS) is 18.6. The van der Waals surface area contributed by atoms with Gasteiger partial charge in [-0.1, -0.05) is 26.8 Å². The van der Waals surface area contributed by atoms with Crippen LogP contribution in [0.25, 0.3) is 0 Å². The van der Waals surface area contributed by atoms with Gasteiger partial charge < -0.3 is 10.6 Å². The van der Waals surface area contributed by atoms with Crippen LogP contribution in [0.3, 0.4) is 0 Å². The molecular weight excluding hydrogens is 248 g/mol. The average Bonchev–Trinajstić information content (AvgIpc) is 2.36. The third-order valence-corrected chi connectivity index (χ3v) is 4.49. The van der Waals surface area contributed by atoms with Gasteiger partial charge in [-0.25, -0.2) is 0 Å². The third-order valence-electron chi connectivity index (χ3n) is 4.49. The van der Waals surface area contributed by atoms with E-state index in [1.165, 1.54) is 11.1 Å². The number of nitrogens with two attached hydrogens (primary N) is 1. The summed E-state index contributed by atoms with van der Waals surface area (Å²) in [5.41, 5.74) is 11.0. The van der Waals surface area contributed by atoms with E-state index in [1.807, 2.05) is 11.8 Å². The summed E-state index contributed by atoms with van der Waals surface area (Å²) in [5.74, 6) is 0.113. The van der Waals surface area contributed by atoms with Gasteiger partial charge in [-0.05, 0) is 47.9 Å². The second-order valence-electron chi connectivity index (χ2n) is 6.51. The molecule has 1 aromatic rings. The van der Waals surface area contributed by atoms with E-state index in [1.54, 1.807) is 6.92 Å². The number of hydrogen-bond acceptors (Lipinski definition) is 2. The Labute approximate surface area is 122 Å². The minimum Gasteiger partial charge on any atom is -0.324 e. The van der Waals surface area contributed by atoms with E-state index in [9.17, 15) is 4.79 Å². The maximum atomic E-state index is 11.9. The molecule has 1 aliphatic rings. The first-order valence-corrected chi connectivity index (χ1v) is 7.49. The van der Waals surface area contributed by atoms with Gasteiger partial charge in [0.25, 0.3) is 0 Å². The average molecular weight is 274 g/mol. The molecule has 1 amide bonds. The van der Waals surface area contributed by atoms with Crippen molar-refractivity contribution in [3.05, 3.63) is 28.8 Å². The topological polar surface area (TPSA) is 46.3 Å². The molecule has 110 valence electrons. The molecule has 3 heteroatoms. The Balaban J connectivity index is 2.67. The number of hydrogen-bond donors (Lipinski definition) is 1. The number of anilines is 1. The van der Waals surface area contributed by atoms with Crippen LogP contribution in [-0.4, -0.2) is 12.5 Å². The first-order chi connectivity index (χ1) is 9.27. The van der Waals surface area contributed by atoms with Gasteiger partial charge in [0.2, 0.25) is 5.91 Å². The maximum Gasteiger partial charge on any atom is 0.223 e. The lowest BCUT2D eigenvalue weighted by Gasteiger charge is -2.40. The quantitative estimate of drug-likeness (QED) is 0.899. The molecule has 0 saturated carbocycles. The van der Waals surface area contributed by atoms with Crippen LogP contribution in [-0.2, 0) is 16.6 Å². The van der Waals surface area contributed by atoms with Crippen molar-refractivity contribution in [2.75, 3.05) is 11.4 Å². The standard InChI is InChI=1S/C17H26N2O/c1-6-13-9-15-16(10-14(13)11(2)18)19(12(3)20)8-7-17(15,4)5/h9-11H,6-8,18H2,1-5H3/t11-/m1/s1. The Hall–Kier alpha value is -1.35. The summed E-state index contributed by atoms with van der Waals surface area (Å²) >= 11 is 0. The lowest BCUT2D eigenvalue weighted by molar-refractivity contribution is -0.116. The SMILES string of the molecule is CCc1cc2c(cc1[C@@H](C)N)N(C(C)=O)CCC2(C)C. The Kier molecular flexibility index (Phi) is 3.92. The number of fused-ring (bicyclic) bond motifs is 1. The Morgan fingerprint density at radius 1 is 1.45 bits per heavy atom. The molecule has 2 N–H and O–H groups in total. The Bertz CT molecular complexity index is 532. The van der Waals surface area contributed by atoms with Crippen LogP contribution < -0.4 is 10.6 Å². The summed E-state index contributed by atoms with van der Waals surface area (Å²) in [5, 5.41) is 0. The number of nitrogens with zero attached hydrogens (tertiary/aromatic N) is 1. The van der Waals surface area contributed by atoms with E-state index in [2.05, 4.69) is 32.9 Å². The molecule has 3 nitrogen and oxygen atoms in total. The predicted octanol–water partition coefficient (Wildman–Crippen LogP) is 3.30. The van der Waals surface area contributed by atoms with Crippen molar-refractivity contribution < 1.29 is 4.79 Å². The van der Waals surface area contributed by atoms with Crippen LogP contribution in [0.15, 0.2) is 12.1 Å². The summed E-state index contributed by atoms with van der Waals surface area (Å²) in [4.78, 5) is 13.8. The minimum atomic E-state index is -0.00547. The highest BCUT2D eigenvalue weighted by molar-refractivity contribution is 5.93. The van der Waals surface area contributed by atoms with Gasteiger partial charge in [0.05, 0.1) is 0 Å². The van der Waals surface area contributed by atoms with Crippen molar-refractivity contribution in [2.45, 2.75) is 58.9 Å². The van der Waals surface area contributed by atoms with Crippen LogP contribution in [0.1, 0.15) is 63.8 Å². The molecule has 20 heavy (non-hydrogen) atoms. The van der Waals surface area contributed by atoms with E-state index in [0.717, 1.165) is 30.6 Å². The van der Waals surface area contributed by atoms with Crippen LogP contribution in [0.2, 0.25) is 0 Å². The molecule has 0 aliphatic carbocycles. The number of carbonyl (C=O) groups is 1. The first-order valence-electron chi connectivity index (χ1n) is 7.49. The summed E-state index contributed by atoms with van der Waals surface area (Å²) in [6, 6.07) is 4.40. The van der Waals surface area contributed by atoms with Gasteiger partial charge in [0, 0.05) is 25.2 Å². The molecular formula is C17H26N2O. The lowest BCUT2D eigenvalue weighted by Crippen LogP contribution is -2.40. The molecule has 2 rings (SSSR count). The van der Waals surface area contributed by atoms with E-state index < -0.39 is 0 Å². The zero-order valence-electron chi connectivity index (χ0n) is 13.3. The largest absolute Gasteiger partial charge is 0.324 e. The Morgan fingerprint density at radius 2 is 2.10 bits per heavy atom. The number of benzene rings is 1. The van der Waals surface area contributed by atoms with Gasteiger partial charge in [-0.3, -0.25) is 4.79 Å². The molecule has 0 radical (unpaired) electrons. The fraction of sp³-hybridized carbons (Fsp3) is 0.588. The third kappa shape index (κ3) is 2.47. The fourth-order valence-electron chi connectivity index (χ4n) is 3.12. The van der Waals surface area contributed by atoms with Gasteiger partial charge in [-0.15, -0.1) is 0 Å². The molecule has 0 saturated heterocycles. The second kappa shape index (κ2) is 5.21. The number of aryl methyl sites for hydroxylation is 1. The minimum absolute atomic E-state index is 0.00547. The Morgan fingerprint density at radius 3 is 2.60 bits per heavy atom. The highest BCUT2D eigenvalue weighted by Crippen LogP contribution is 2.42. The van der Waals surface area contributed by atoms with E-state index in [4.69, 9.17) is 5.73 Å². The molecule has 0 fully saturated rings. The van der Waals surface area contributed by atoms with Crippen molar-refractivity contribution in [2.24, 2.45) is 5.73 Å². The maximum absolute atomic E-state index is 11.9. The zero-order chi connectivity index (χ0) is 15.1. The van der Waals surface area contributed by atoms with Crippen LogP contribution in [0.5, 0.6) is 0 Å². The molecule has 1 heterocycles. The fourth-order valence-corrected chi connectivity index (χ4v) is 3.12. The lowest BCUT2D eigenvalue weighted by atomic mass is 9.76. The van der Waals surface area contributed by atoms with Crippen molar-refractivity contribution in [1.82, 2.24) is 0 Å². The molecule has 1 aromatic carbocycles. The predicted molar refractivity (Wildman–Crippen MR) is 84.1 cm³/mol. The van der Waals surface area contributed by atoms with Gasteiger partial charge in [0.1, 0.15) is 0 Å². The van der Waals surface area contributed by atoms with Gasteiger partial charge >= 0.3 is 0 Å². The monoisotopic (exact) mass is 274 g/mol. The van der Waals surface area contributed by atoms with Crippen LogP contribution in [0, 0.1) is 0 Å². The summed E-state index contributed by atoms with van der Waals surface area (Å²) in [6.45, 7) is 11.1. The van der Waals surface area contributed by atoms with E-state index in [0.29, 0.717) is 0 Å².